The van der Waals surface area contributed by atoms with Crippen molar-refractivity contribution in [2.75, 3.05) is 0 Å². The van der Waals surface area contributed by atoms with Crippen molar-refractivity contribution in [1.29, 1.82) is 0 Å². The van der Waals surface area contributed by atoms with Crippen LogP contribution in [-0.2, 0) is 6.54 Å². The zero-order valence-electron chi connectivity index (χ0n) is 10.6. The van der Waals surface area contributed by atoms with Gasteiger partial charge in [0.1, 0.15) is 5.75 Å². The molecule has 0 unspecified atom stereocenters. The summed E-state index contributed by atoms with van der Waals surface area (Å²) in [6.07, 6.45) is -2.51. The second-order valence-electron chi connectivity index (χ2n) is 5.14. The van der Waals surface area contributed by atoms with Gasteiger partial charge in [-0.25, -0.2) is 0 Å². The van der Waals surface area contributed by atoms with Crippen LogP contribution in [0.3, 0.4) is 0 Å². The predicted octanol–water partition coefficient (Wildman–Crippen LogP) is 3.60. The summed E-state index contributed by atoms with van der Waals surface area (Å²) in [4.78, 5) is 0. The van der Waals surface area contributed by atoms with Gasteiger partial charge >= 0.3 is 6.18 Å². The summed E-state index contributed by atoms with van der Waals surface area (Å²) in [6.45, 7) is 0.579. The van der Waals surface area contributed by atoms with Crippen LogP contribution in [0.4, 0.5) is 13.2 Å². The standard InChI is InChI=1S/C14H18F3NO/c15-14(16,17)11-4-6-12(7-5-11)18-9-10-2-1-3-13(19)8-10/h1-3,8,11-12,18-19H,4-7,9H2. The Hall–Kier alpha value is -1.23. The van der Waals surface area contributed by atoms with E-state index in [2.05, 4.69) is 5.32 Å². The molecule has 1 fully saturated rings. The van der Waals surface area contributed by atoms with Gasteiger partial charge in [-0.05, 0) is 43.4 Å². The molecule has 0 amide bonds. The van der Waals surface area contributed by atoms with Crippen LogP contribution >= 0.6 is 0 Å². The van der Waals surface area contributed by atoms with Gasteiger partial charge in [0.05, 0.1) is 5.92 Å². The highest BCUT2D eigenvalue weighted by molar-refractivity contribution is 5.26. The van der Waals surface area contributed by atoms with E-state index in [9.17, 15) is 18.3 Å². The molecule has 19 heavy (non-hydrogen) atoms. The number of hydrogen-bond donors (Lipinski definition) is 2. The van der Waals surface area contributed by atoms with Crippen LogP contribution in [0.25, 0.3) is 0 Å². The summed E-state index contributed by atoms with van der Waals surface area (Å²) in [5.41, 5.74) is 0.943. The molecule has 1 saturated carbocycles. The molecule has 2 rings (SSSR count). The van der Waals surface area contributed by atoms with Gasteiger partial charge in [-0.1, -0.05) is 12.1 Å². The third-order valence-corrected chi connectivity index (χ3v) is 3.70. The van der Waals surface area contributed by atoms with Gasteiger partial charge in [-0.15, -0.1) is 0 Å². The van der Waals surface area contributed by atoms with Crippen molar-refractivity contribution >= 4 is 0 Å². The van der Waals surface area contributed by atoms with Gasteiger partial charge in [0, 0.05) is 12.6 Å². The summed E-state index contributed by atoms with van der Waals surface area (Å²) in [5.74, 6) is -0.925. The molecule has 0 heterocycles. The predicted molar refractivity (Wildman–Crippen MR) is 66.7 cm³/mol. The molecule has 2 nitrogen and oxygen atoms in total. The molecule has 0 radical (unpaired) electrons. The lowest BCUT2D eigenvalue weighted by Gasteiger charge is -2.30. The van der Waals surface area contributed by atoms with E-state index in [4.69, 9.17) is 0 Å². The van der Waals surface area contributed by atoms with Gasteiger partial charge in [-0.3, -0.25) is 0 Å². The van der Waals surface area contributed by atoms with E-state index in [0.717, 1.165) is 5.56 Å². The Balaban J connectivity index is 1.77. The molecular formula is C14H18F3NO. The Morgan fingerprint density at radius 3 is 2.42 bits per heavy atom. The van der Waals surface area contributed by atoms with E-state index in [1.807, 2.05) is 6.07 Å². The van der Waals surface area contributed by atoms with E-state index in [1.54, 1.807) is 18.2 Å². The summed E-state index contributed by atoms with van der Waals surface area (Å²) in [7, 11) is 0. The van der Waals surface area contributed by atoms with Crippen LogP contribution in [0.5, 0.6) is 5.75 Å². The van der Waals surface area contributed by atoms with Gasteiger partial charge in [0.15, 0.2) is 0 Å². The number of aromatic hydroxyl groups is 1. The Bertz CT molecular complexity index is 411. The van der Waals surface area contributed by atoms with E-state index in [0.29, 0.717) is 19.4 Å². The Kier molecular flexibility index (Phi) is 4.34. The molecule has 1 aliphatic carbocycles. The first-order chi connectivity index (χ1) is 8.95. The lowest BCUT2D eigenvalue weighted by molar-refractivity contribution is -0.182. The van der Waals surface area contributed by atoms with Crippen LogP contribution in [-0.4, -0.2) is 17.3 Å². The number of phenolic OH excluding ortho intramolecular Hbond substituents is 1. The van der Waals surface area contributed by atoms with Gasteiger partial charge in [0.25, 0.3) is 0 Å². The number of nitrogens with one attached hydrogen (secondary N) is 1. The maximum atomic E-state index is 12.5. The van der Waals surface area contributed by atoms with Crippen molar-refractivity contribution < 1.29 is 18.3 Å². The third-order valence-electron chi connectivity index (χ3n) is 3.70. The average molecular weight is 273 g/mol. The van der Waals surface area contributed by atoms with Crippen molar-refractivity contribution in [1.82, 2.24) is 5.32 Å². The molecule has 5 heteroatoms. The second kappa shape index (κ2) is 5.82. The Labute approximate surface area is 110 Å². The van der Waals surface area contributed by atoms with Crippen molar-refractivity contribution in [3.63, 3.8) is 0 Å². The molecule has 0 spiro atoms. The maximum absolute atomic E-state index is 12.5. The van der Waals surface area contributed by atoms with Crippen LogP contribution < -0.4 is 5.32 Å². The number of halogens is 3. The van der Waals surface area contributed by atoms with Crippen molar-refractivity contribution in [3.8, 4) is 5.75 Å². The first kappa shape index (κ1) is 14.2. The molecule has 1 aromatic rings. The quantitative estimate of drug-likeness (QED) is 0.882. The average Bonchev–Trinajstić information content (AvgIpc) is 2.36. The highest BCUT2D eigenvalue weighted by Gasteiger charge is 2.41. The smallest absolute Gasteiger partial charge is 0.391 e. The van der Waals surface area contributed by atoms with Crippen LogP contribution in [0.15, 0.2) is 24.3 Å². The van der Waals surface area contributed by atoms with Gasteiger partial charge in [-0.2, -0.15) is 13.2 Å². The fraction of sp³-hybridized carbons (Fsp3) is 0.571. The van der Waals surface area contributed by atoms with Gasteiger partial charge < -0.3 is 10.4 Å². The van der Waals surface area contributed by atoms with Crippen molar-refractivity contribution in [2.24, 2.45) is 5.92 Å². The topological polar surface area (TPSA) is 32.3 Å². The summed E-state index contributed by atoms with van der Waals surface area (Å²) < 4.78 is 37.5. The van der Waals surface area contributed by atoms with Crippen LogP contribution in [0.2, 0.25) is 0 Å². The monoisotopic (exact) mass is 273 g/mol. The van der Waals surface area contributed by atoms with Crippen molar-refractivity contribution in [2.45, 2.75) is 44.4 Å². The number of phenols is 1. The number of rotatable bonds is 3. The number of hydrogen-bond acceptors (Lipinski definition) is 2. The zero-order chi connectivity index (χ0) is 13.9. The SMILES string of the molecule is Oc1cccc(CNC2CCC(C(F)(F)F)CC2)c1. The summed E-state index contributed by atoms with van der Waals surface area (Å²) >= 11 is 0. The highest BCUT2D eigenvalue weighted by Crippen LogP contribution is 2.37. The van der Waals surface area contributed by atoms with Crippen LogP contribution in [0.1, 0.15) is 31.2 Å². The number of alkyl halides is 3. The Morgan fingerprint density at radius 1 is 1.16 bits per heavy atom. The highest BCUT2D eigenvalue weighted by atomic mass is 19.4. The number of benzene rings is 1. The first-order valence-corrected chi connectivity index (χ1v) is 6.53. The normalized spacial score (nSPS) is 24.4. The lowest BCUT2D eigenvalue weighted by Crippen LogP contribution is -2.36. The molecule has 106 valence electrons. The minimum Gasteiger partial charge on any atom is -0.508 e. The molecule has 2 N–H and O–H groups in total. The zero-order valence-corrected chi connectivity index (χ0v) is 10.6. The fourth-order valence-corrected chi connectivity index (χ4v) is 2.55. The van der Waals surface area contributed by atoms with Crippen molar-refractivity contribution in [3.05, 3.63) is 29.8 Å². The van der Waals surface area contributed by atoms with E-state index in [-0.39, 0.29) is 24.6 Å². The van der Waals surface area contributed by atoms with Gasteiger partial charge in [0.2, 0.25) is 0 Å². The van der Waals surface area contributed by atoms with E-state index < -0.39 is 12.1 Å². The van der Waals surface area contributed by atoms with Crippen LogP contribution in [0, 0.1) is 5.92 Å². The summed E-state index contributed by atoms with van der Waals surface area (Å²) in [5, 5.41) is 12.6. The van der Waals surface area contributed by atoms with E-state index >= 15 is 0 Å². The van der Waals surface area contributed by atoms with E-state index in [1.165, 1.54) is 0 Å². The fourth-order valence-electron chi connectivity index (χ4n) is 2.55. The molecule has 0 aliphatic heterocycles. The molecule has 0 aromatic heterocycles. The summed E-state index contributed by atoms with van der Waals surface area (Å²) in [6, 6.07) is 7.04. The molecule has 1 aliphatic rings. The largest absolute Gasteiger partial charge is 0.508 e. The molecule has 0 atom stereocenters. The molecule has 1 aromatic carbocycles. The molecular weight excluding hydrogens is 255 g/mol. The molecule has 0 bridgehead atoms. The lowest BCUT2D eigenvalue weighted by atomic mass is 9.85. The Morgan fingerprint density at radius 2 is 1.84 bits per heavy atom. The first-order valence-electron chi connectivity index (χ1n) is 6.53. The second-order valence-corrected chi connectivity index (χ2v) is 5.14. The minimum absolute atomic E-state index is 0.140. The maximum Gasteiger partial charge on any atom is 0.391 e. The molecule has 0 saturated heterocycles. The third kappa shape index (κ3) is 4.13. The minimum atomic E-state index is -4.05.